The number of aryl methyl sites for hydroxylation is 1. The summed E-state index contributed by atoms with van der Waals surface area (Å²) >= 11 is 0. The van der Waals surface area contributed by atoms with Crippen LogP contribution in [0.4, 0.5) is 5.69 Å². The molecule has 0 saturated heterocycles. The number of anilines is 1. The zero-order valence-electron chi connectivity index (χ0n) is 10.4. The van der Waals surface area contributed by atoms with E-state index in [2.05, 4.69) is 0 Å². The van der Waals surface area contributed by atoms with Crippen molar-refractivity contribution < 1.29 is 8.42 Å². The fourth-order valence-corrected chi connectivity index (χ4v) is 3.56. The Balaban J connectivity index is 2.50. The summed E-state index contributed by atoms with van der Waals surface area (Å²) in [5.41, 5.74) is 8.02. The van der Waals surface area contributed by atoms with Gasteiger partial charge in [-0.25, -0.2) is 8.42 Å². The largest absolute Gasteiger partial charge is 0.398 e. The minimum Gasteiger partial charge on any atom is -0.398 e. The predicted octanol–water partition coefficient (Wildman–Crippen LogP) is 1.67. The van der Waals surface area contributed by atoms with Gasteiger partial charge >= 0.3 is 0 Å². The first-order chi connectivity index (χ1) is 7.85. The Morgan fingerprint density at radius 1 is 1.29 bits per heavy atom. The van der Waals surface area contributed by atoms with Crippen LogP contribution in [0.3, 0.4) is 0 Å². The molecule has 0 radical (unpaired) electrons. The molecule has 4 nitrogen and oxygen atoms in total. The lowest BCUT2D eigenvalue weighted by Gasteiger charge is -2.19. The Morgan fingerprint density at radius 3 is 2.41 bits per heavy atom. The molecule has 2 rings (SSSR count). The lowest BCUT2D eigenvalue weighted by atomic mass is 10.1. The summed E-state index contributed by atoms with van der Waals surface area (Å²) in [6, 6.07) is 3.58. The van der Waals surface area contributed by atoms with Crippen molar-refractivity contribution in [3.8, 4) is 0 Å². The van der Waals surface area contributed by atoms with Gasteiger partial charge in [0.2, 0.25) is 10.0 Å². The molecule has 2 N–H and O–H groups in total. The fourth-order valence-electron chi connectivity index (χ4n) is 1.91. The van der Waals surface area contributed by atoms with Gasteiger partial charge in [0, 0.05) is 18.8 Å². The fraction of sp³-hybridized carbons (Fsp3) is 0.500. The highest BCUT2D eigenvalue weighted by atomic mass is 32.2. The summed E-state index contributed by atoms with van der Waals surface area (Å²) in [4.78, 5) is 0.329. The average molecular weight is 254 g/mol. The third kappa shape index (κ3) is 2.05. The molecule has 1 saturated carbocycles. The molecule has 1 aliphatic rings. The molecule has 1 aliphatic carbocycles. The van der Waals surface area contributed by atoms with Crippen molar-refractivity contribution in [1.29, 1.82) is 0 Å². The molecule has 0 bridgehead atoms. The van der Waals surface area contributed by atoms with Crippen molar-refractivity contribution in [2.24, 2.45) is 0 Å². The second-order valence-corrected chi connectivity index (χ2v) is 6.64. The lowest BCUT2D eigenvalue weighted by molar-refractivity contribution is 0.464. The lowest BCUT2D eigenvalue weighted by Crippen LogP contribution is -2.29. The minimum absolute atomic E-state index is 0.168. The maximum atomic E-state index is 12.4. The van der Waals surface area contributed by atoms with Crippen molar-refractivity contribution in [2.45, 2.75) is 37.6 Å². The Morgan fingerprint density at radius 2 is 1.88 bits per heavy atom. The van der Waals surface area contributed by atoms with Crippen LogP contribution < -0.4 is 5.73 Å². The molecule has 0 aromatic heterocycles. The third-order valence-corrected chi connectivity index (χ3v) is 5.46. The van der Waals surface area contributed by atoms with Gasteiger partial charge in [0.15, 0.2) is 0 Å². The number of rotatable bonds is 3. The van der Waals surface area contributed by atoms with Crippen LogP contribution in [0.15, 0.2) is 17.0 Å². The van der Waals surface area contributed by atoms with Crippen molar-refractivity contribution in [2.75, 3.05) is 12.8 Å². The molecule has 1 aromatic carbocycles. The van der Waals surface area contributed by atoms with Gasteiger partial charge in [-0.2, -0.15) is 4.31 Å². The van der Waals surface area contributed by atoms with Crippen LogP contribution >= 0.6 is 0 Å². The summed E-state index contributed by atoms with van der Waals surface area (Å²) in [5.74, 6) is 0. The van der Waals surface area contributed by atoms with Gasteiger partial charge in [-0.1, -0.05) is 6.07 Å². The van der Waals surface area contributed by atoms with Crippen LogP contribution in [0, 0.1) is 13.8 Å². The van der Waals surface area contributed by atoms with E-state index in [1.165, 1.54) is 4.31 Å². The van der Waals surface area contributed by atoms with E-state index in [1.54, 1.807) is 26.1 Å². The molecule has 17 heavy (non-hydrogen) atoms. The van der Waals surface area contributed by atoms with Gasteiger partial charge in [-0.3, -0.25) is 0 Å². The second kappa shape index (κ2) is 3.99. The van der Waals surface area contributed by atoms with Gasteiger partial charge < -0.3 is 5.73 Å². The number of hydrogen-bond acceptors (Lipinski definition) is 3. The van der Waals surface area contributed by atoms with E-state index < -0.39 is 10.0 Å². The monoisotopic (exact) mass is 254 g/mol. The van der Waals surface area contributed by atoms with Gasteiger partial charge in [-0.15, -0.1) is 0 Å². The Kier molecular flexibility index (Phi) is 2.91. The quantitative estimate of drug-likeness (QED) is 0.834. The van der Waals surface area contributed by atoms with Gasteiger partial charge in [0.05, 0.1) is 4.90 Å². The van der Waals surface area contributed by atoms with Gasteiger partial charge in [0.1, 0.15) is 0 Å². The van der Waals surface area contributed by atoms with Crippen LogP contribution in [0.2, 0.25) is 0 Å². The zero-order valence-corrected chi connectivity index (χ0v) is 11.2. The van der Waals surface area contributed by atoms with Crippen LogP contribution in [0.1, 0.15) is 24.0 Å². The van der Waals surface area contributed by atoms with Crippen molar-refractivity contribution in [3.63, 3.8) is 0 Å². The van der Waals surface area contributed by atoms with Crippen molar-refractivity contribution in [1.82, 2.24) is 4.31 Å². The average Bonchev–Trinajstić information content (AvgIpc) is 3.08. The van der Waals surface area contributed by atoms with Crippen LogP contribution in [-0.4, -0.2) is 25.8 Å². The first-order valence-electron chi connectivity index (χ1n) is 5.69. The summed E-state index contributed by atoms with van der Waals surface area (Å²) in [5, 5.41) is 0. The van der Waals surface area contributed by atoms with E-state index in [1.807, 2.05) is 6.92 Å². The van der Waals surface area contributed by atoms with E-state index in [-0.39, 0.29) is 6.04 Å². The number of nitrogens with zero attached hydrogens (tertiary/aromatic N) is 1. The maximum absolute atomic E-state index is 12.4. The second-order valence-electron chi connectivity index (χ2n) is 4.67. The van der Waals surface area contributed by atoms with E-state index in [4.69, 9.17) is 5.73 Å². The molecule has 5 heteroatoms. The summed E-state index contributed by atoms with van der Waals surface area (Å²) in [6.07, 6.45) is 1.91. The highest BCUT2D eigenvalue weighted by molar-refractivity contribution is 7.89. The van der Waals surface area contributed by atoms with Crippen LogP contribution in [0.25, 0.3) is 0 Å². The number of sulfonamides is 1. The molecule has 1 fully saturated rings. The van der Waals surface area contributed by atoms with E-state index >= 15 is 0 Å². The highest BCUT2D eigenvalue weighted by Crippen LogP contribution is 2.33. The molecule has 0 atom stereocenters. The van der Waals surface area contributed by atoms with Crippen molar-refractivity contribution >= 4 is 15.7 Å². The maximum Gasteiger partial charge on any atom is 0.243 e. The normalized spacial score (nSPS) is 16.5. The number of benzene rings is 1. The first kappa shape index (κ1) is 12.4. The van der Waals surface area contributed by atoms with Crippen LogP contribution in [-0.2, 0) is 10.0 Å². The number of nitrogens with two attached hydrogens (primary N) is 1. The third-order valence-electron chi connectivity index (χ3n) is 3.40. The Bertz CT molecular complexity index is 548. The van der Waals surface area contributed by atoms with Gasteiger partial charge in [0.25, 0.3) is 0 Å². The topological polar surface area (TPSA) is 63.4 Å². The smallest absolute Gasteiger partial charge is 0.243 e. The van der Waals surface area contributed by atoms with Gasteiger partial charge in [-0.05, 0) is 43.9 Å². The summed E-state index contributed by atoms with van der Waals surface area (Å²) in [7, 11) is -1.75. The molecular formula is C12H18N2O2S. The minimum atomic E-state index is -3.39. The van der Waals surface area contributed by atoms with E-state index in [9.17, 15) is 8.42 Å². The van der Waals surface area contributed by atoms with Crippen molar-refractivity contribution in [3.05, 3.63) is 23.3 Å². The molecule has 0 unspecified atom stereocenters. The Hall–Kier alpha value is -1.07. The molecular weight excluding hydrogens is 236 g/mol. The molecule has 0 amide bonds. The summed E-state index contributed by atoms with van der Waals surface area (Å²) < 4.78 is 26.2. The van der Waals surface area contributed by atoms with E-state index in [0.717, 1.165) is 18.4 Å². The SMILES string of the molecule is Cc1ccc(S(=O)(=O)N(C)C2CC2)c(C)c1N. The standard InChI is InChI=1S/C12H18N2O2S/c1-8-4-7-11(9(2)12(8)13)17(15,16)14(3)10-5-6-10/h4,7,10H,5-6,13H2,1-3H3. The molecule has 94 valence electrons. The number of hydrogen-bond donors (Lipinski definition) is 1. The predicted molar refractivity (Wildman–Crippen MR) is 68.3 cm³/mol. The van der Waals surface area contributed by atoms with Crippen LogP contribution in [0.5, 0.6) is 0 Å². The zero-order chi connectivity index (χ0) is 12.8. The summed E-state index contributed by atoms with van der Waals surface area (Å²) in [6.45, 7) is 3.64. The number of nitrogen functional groups attached to an aromatic ring is 1. The molecule has 0 spiro atoms. The molecule has 1 aromatic rings. The van der Waals surface area contributed by atoms with E-state index in [0.29, 0.717) is 16.1 Å². The Labute approximate surface area is 102 Å². The molecule has 0 heterocycles. The highest BCUT2D eigenvalue weighted by Gasteiger charge is 2.35. The molecule has 0 aliphatic heterocycles. The first-order valence-corrected chi connectivity index (χ1v) is 7.13.